The fourth-order valence-corrected chi connectivity index (χ4v) is 6.27. The Hall–Kier alpha value is -2.69. The number of nitrogens with zero attached hydrogens (tertiary/aromatic N) is 2. The highest BCUT2D eigenvalue weighted by Gasteiger charge is 2.32. The van der Waals surface area contributed by atoms with Crippen molar-refractivity contribution in [2.45, 2.75) is 64.6 Å². The van der Waals surface area contributed by atoms with Gasteiger partial charge < -0.3 is 19.7 Å². The van der Waals surface area contributed by atoms with Crippen LogP contribution < -0.4 is 19.1 Å². The maximum atomic E-state index is 13.9. The van der Waals surface area contributed by atoms with E-state index in [1.807, 2.05) is 0 Å². The van der Waals surface area contributed by atoms with Gasteiger partial charge in [0.2, 0.25) is 21.8 Å². The van der Waals surface area contributed by atoms with Gasteiger partial charge in [-0.25, -0.2) is 8.42 Å². The van der Waals surface area contributed by atoms with Gasteiger partial charge in [-0.2, -0.15) is 0 Å². The van der Waals surface area contributed by atoms with E-state index in [9.17, 15) is 18.0 Å². The molecule has 1 saturated carbocycles. The monoisotopic (exact) mass is 611 g/mol. The third kappa shape index (κ3) is 7.33. The summed E-state index contributed by atoms with van der Waals surface area (Å²) in [6, 6.07) is 8.93. The summed E-state index contributed by atoms with van der Waals surface area (Å²) in [5, 5.41) is 3.76. The lowest BCUT2D eigenvalue weighted by molar-refractivity contribution is -0.139. The van der Waals surface area contributed by atoms with Crippen molar-refractivity contribution in [3.63, 3.8) is 0 Å². The molecule has 0 unspecified atom stereocenters. The van der Waals surface area contributed by atoms with Gasteiger partial charge in [0.05, 0.1) is 21.5 Å². The highest BCUT2D eigenvalue weighted by atomic mass is 35.5. The molecule has 2 aliphatic rings. The largest absolute Gasteiger partial charge is 0.486 e. The topological polar surface area (TPSA) is 105 Å². The van der Waals surface area contributed by atoms with Crippen LogP contribution in [-0.4, -0.2) is 62.7 Å². The normalized spacial score (nSPS) is 16.2. The van der Waals surface area contributed by atoms with Crippen molar-refractivity contribution >= 4 is 50.7 Å². The molecule has 2 aromatic carbocycles. The summed E-state index contributed by atoms with van der Waals surface area (Å²) >= 11 is 12.3. The minimum atomic E-state index is -3.87. The molecular weight excluding hydrogens is 577 g/mol. The number of benzene rings is 2. The van der Waals surface area contributed by atoms with Crippen LogP contribution in [0.15, 0.2) is 36.4 Å². The molecule has 1 fully saturated rings. The van der Waals surface area contributed by atoms with Crippen molar-refractivity contribution in [2.75, 3.05) is 29.8 Å². The molecule has 0 spiro atoms. The second kappa shape index (κ2) is 13.3. The molecule has 1 N–H and O–H groups in total. The van der Waals surface area contributed by atoms with E-state index in [1.165, 1.54) is 11.8 Å². The van der Waals surface area contributed by atoms with E-state index in [0.29, 0.717) is 40.3 Å². The zero-order valence-corrected chi connectivity index (χ0v) is 25.0. The standard InChI is InChI=1S/C28H35Cl2N3O6S/c1-3-40(36,37)33(22-10-12-25-26(16-22)39-14-13-38-25)18-27(34)32(17-20-9-11-23(29)24(30)15-20)19(2)28(35)31-21-7-5-4-6-8-21/h9-12,15-16,19,21H,3-8,13-14,17-18H2,1-2H3,(H,31,35)/t19-/m1/s1. The van der Waals surface area contributed by atoms with Crippen molar-refractivity contribution in [1.82, 2.24) is 10.2 Å². The molecule has 2 aromatic rings. The number of anilines is 1. The number of fused-ring (bicyclic) bond motifs is 1. The van der Waals surface area contributed by atoms with Crippen molar-refractivity contribution < 1.29 is 27.5 Å². The van der Waals surface area contributed by atoms with Gasteiger partial charge in [-0.3, -0.25) is 13.9 Å². The molecule has 218 valence electrons. The molecule has 12 heteroatoms. The van der Waals surface area contributed by atoms with Crippen molar-refractivity contribution in [2.24, 2.45) is 0 Å². The lowest BCUT2D eigenvalue weighted by Crippen LogP contribution is -2.53. The summed E-state index contributed by atoms with van der Waals surface area (Å²) in [4.78, 5) is 28.6. The Morgan fingerprint density at radius 2 is 1.70 bits per heavy atom. The van der Waals surface area contributed by atoms with Crippen LogP contribution in [-0.2, 0) is 26.2 Å². The van der Waals surface area contributed by atoms with Crippen molar-refractivity contribution in [3.8, 4) is 11.5 Å². The maximum absolute atomic E-state index is 13.9. The van der Waals surface area contributed by atoms with Gasteiger partial charge in [-0.1, -0.05) is 48.5 Å². The Balaban J connectivity index is 1.63. The van der Waals surface area contributed by atoms with Crippen molar-refractivity contribution in [1.29, 1.82) is 0 Å². The molecule has 1 aliphatic heterocycles. The van der Waals surface area contributed by atoms with Gasteiger partial charge >= 0.3 is 0 Å². The number of carbonyl (C=O) groups is 2. The number of halogens is 2. The molecule has 0 aromatic heterocycles. The lowest BCUT2D eigenvalue weighted by atomic mass is 9.95. The molecular formula is C28H35Cl2N3O6S. The van der Waals surface area contributed by atoms with E-state index in [1.54, 1.807) is 43.3 Å². The molecule has 9 nitrogen and oxygen atoms in total. The highest BCUT2D eigenvalue weighted by Crippen LogP contribution is 2.35. The molecule has 0 radical (unpaired) electrons. The second-order valence-corrected chi connectivity index (χ2v) is 13.0. The van der Waals surface area contributed by atoms with Crippen LogP contribution >= 0.6 is 23.2 Å². The van der Waals surface area contributed by atoms with Crippen LogP contribution in [0, 0.1) is 0 Å². The van der Waals surface area contributed by atoms with Crippen molar-refractivity contribution in [3.05, 3.63) is 52.0 Å². The third-order valence-electron chi connectivity index (χ3n) is 7.25. The minimum Gasteiger partial charge on any atom is -0.486 e. The number of amides is 2. The molecule has 0 saturated heterocycles. The first kappa shape index (κ1) is 30.3. The van der Waals surface area contributed by atoms with E-state index in [2.05, 4.69) is 5.32 Å². The van der Waals surface area contributed by atoms with Gasteiger partial charge in [0.1, 0.15) is 25.8 Å². The average molecular weight is 613 g/mol. The summed E-state index contributed by atoms with van der Waals surface area (Å²) in [5.74, 6) is -0.141. The molecule has 4 rings (SSSR count). The van der Waals surface area contributed by atoms with Crippen LogP contribution in [0.4, 0.5) is 5.69 Å². The number of sulfonamides is 1. The fraction of sp³-hybridized carbons (Fsp3) is 0.500. The third-order valence-corrected chi connectivity index (χ3v) is 9.73. The fourth-order valence-electron chi connectivity index (χ4n) is 4.89. The number of hydrogen-bond donors (Lipinski definition) is 1. The van der Waals surface area contributed by atoms with E-state index in [0.717, 1.165) is 36.4 Å². The second-order valence-electron chi connectivity index (χ2n) is 10.0. The van der Waals surface area contributed by atoms with Gasteiger partial charge in [0.25, 0.3) is 0 Å². The summed E-state index contributed by atoms with van der Waals surface area (Å²) in [5.41, 5.74) is 0.928. The summed E-state index contributed by atoms with van der Waals surface area (Å²) in [7, 11) is -3.87. The molecule has 1 aliphatic carbocycles. The Morgan fingerprint density at radius 3 is 2.38 bits per heavy atom. The molecule has 1 atom stereocenters. The molecule has 2 amide bonds. The first-order valence-corrected chi connectivity index (χ1v) is 15.9. The van der Waals surface area contributed by atoms with E-state index in [4.69, 9.17) is 32.7 Å². The van der Waals surface area contributed by atoms with Gasteiger partial charge in [-0.15, -0.1) is 0 Å². The van der Waals surface area contributed by atoms with E-state index in [-0.39, 0.29) is 29.9 Å². The first-order valence-electron chi connectivity index (χ1n) is 13.5. The van der Waals surface area contributed by atoms with E-state index >= 15 is 0 Å². The van der Waals surface area contributed by atoms with Crippen LogP contribution in [0.1, 0.15) is 51.5 Å². The zero-order chi connectivity index (χ0) is 28.9. The number of carbonyl (C=O) groups excluding carboxylic acids is 2. The number of rotatable bonds is 10. The zero-order valence-electron chi connectivity index (χ0n) is 22.7. The predicted molar refractivity (Wildman–Crippen MR) is 156 cm³/mol. The van der Waals surface area contributed by atoms with Crippen LogP contribution in [0.25, 0.3) is 0 Å². The Bertz CT molecular complexity index is 1330. The Morgan fingerprint density at radius 1 is 1.00 bits per heavy atom. The lowest BCUT2D eigenvalue weighted by Gasteiger charge is -2.33. The summed E-state index contributed by atoms with van der Waals surface area (Å²) in [6.45, 7) is 3.43. The highest BCUT2D eigenvalue weighted by molar-refractivity contribution is 7.92. The first-order chi connectivity index (χ1) is 19.1. The Kier molecular flexibility index (Phi) is 10.1. The van der Waals surface area contributed by atoms with Gasteiger partial charge in [-0.05, 0) is 56.5 Å². The van der Waals surface area contributed by atoms with E-state index < -0.39 is 28.5 Å². The van der Waals surface area contributed by atoms with Crippen LogP contribution in [0.3, 0.4) is 0 Å². The van der Waals surface area contributed by atoms with Crippen LogP contribution in [0.5, 0.6) is 11.5 Å². The van der Waals surface area contributed by atoms with Crippen LogP contribution in [0.2, 0.25) is 10.0 Å². The number of ether oxygens (including phenoxy) is 2. The number of hydrogen-bond acceptors (Lipinski definition) is 6. The smallest absolute Gasteiger partial charge is 0.244 e. The molecule has 40 heavy (non-hydrogen) atoms. The van der Waals surface area contributed by atoms with Gasteiger partial charge in [0.15, 0.2) is 11.5 Å². The maximum Gasteiger partial charge on any atom is 0.244 e. The summed E-state index contributed by atoms with van der Waals surface area (Å²) < 4.78 is 38.7. The SMILES string of the molecule is CCS(=O)(=O)N(CC(=O)N(Cc1ccc(Cl)c(Cl)c1)[C@H](C)C(=O)NC1CCCCC1)c1ccc2c(c1)OCCO2. The minimum absolute atomic E-state index is 0.0378. The quantitative estimate of drug-likeness (QED) is 0.414. The van der Waals surface area contributed by atoms with Gasteiger partial charge in [0, 0.05) is 18.7 Å². The summed E-state index contributed by atoms with van der Waals surface area (Å²) in [6.07, 6.45) is 5.03. The molecule has 1 heterocycles. The number of nitrogens with one attached hydrogen (secondary N) is 1. The average Bonchev–Trinajstić information content (AvgIpc) is 2.96. The predicted octanol–water partition coefficient (Wildman–Crippen LogP) is 4.79. The Labute approximate surface area is 245 Å². The molecule has 0 bridgehead atoms.